The lowest BCUT2D eigenvalue weighted by atomic mass is 10.2. The first-order chi connectivity index (χ1) is 14.1. The van der Waals surface area contributed by atoms with Gasteiger partial charge in [-0.1, -0.05) is 25.4 Å². The minimum absolute atomic E-state index is 0.0572. The van der Waals surface area contributed by atoms with Crippen molar-refractivity contribution in [1.29, 1.82) is 0 Å². The summed E-state index contributed by atoms with van der Waals surface area (Å²) in [5, 5.41) is 8.01. The molecule has 0 saturated carbocycles. The van der Waals surface area contributed by atoms with Gasteiger partial charge in [-0.3, -0.25) is 9.48 Å². The van der Waals surface area contributed by atoms with Crippen molar-refractivity contribution in [3.63, 3.8) is 0 Å². The number of fused-ring (bicyclic) bond motifs is 1. The number of carbonyl (C=O) groups excluding carboxylic acids is 1. The van der Waals surface area contributed by atoms with Crippen LogP contribution in [0.1, 0.15) is 25.8 Å². The molecule has 3 rings (SSSR count). The molecule has 7 nitrogen and oxygen atoms in total. The first kappa shape index (κ1) is 21.8. The number of alkyl halides is 3. The maximum Gasteiger partial charge on any atom is 0.392 e. The second-order valence-corrected chi connectivity index (χ2v) is 7.31. The van der Waals surface area contributed by atoms with Gasteiger partial charge in [-0.05, 0) is 17.7 Å². The van der Waals surface area contributed by atoms with Crippen LogP contribution in [0.15, 0.2) is 30.7 Å². The second kappa shape index (κ2) is 8.86. The fourth-order valence-electron chi connectivity index (χ4n) is 2.54. The van der Waals surface area contributed by atoms with E-state index in [1.54, 1.807) is 43.1 Å². The summed E-state index contributed by atoms with van der Waals surface area (Å²) in [5.41, 5.74) is 1.33. The Balaban J connectivity index is 1.73. The molecule has 0 aliphatic carbocycles. The molecule has 0 aromatic carbocycles. The van der Waals surface area contributed by atoms with Gasteiger partial charge in [0.25, 0.3) is 0 Å². The molecule has 30 heavy (non-hydrogen) atoms. The zero-order valence-electron chi connectivity index (χ0n) is 16.2. The number of anilines is 1. The summed E-state index contributed by atoms with van der Waals surface area (Å²) in [4.78, 5) is 20.2. The van der Waals surface area contributed by atoms with Crippen LogP contribution in [0.4, 0.5) is 19.0 Å². The number of nitrogens with zero attached hydrogens (tertiary/aromatic N) is 4. The third kappa shape index (κ3) is 5.59. The van der Waals surface area contributed by atoms with E-state index in [9.17, 15) is 18.0 Å². The highest BCUT2D eigenvalue weighted by molar-refractivity contribution is 6.31. The van der Waals surface area contributed by atoms with Crippen LogP contribution in [-0.2, 0) is 11.3 Å². The van der Waals surface area contributed by atoms with Gasteiger partial charge in [0.2, 0.25) is 11.8 Å². The quantitative estimate of drug-likeness (QED) is 0.585. The van der Waals surface area contributed by atoms with Gasteiger partial charge in [0, 0.05) is 24.5 Å². The topological polar surface area (TPSA) is 81.9 Å². The van der Waals surface area contributed by atoms with Gasteiger partial charge in [-0.25, -0.2) is 9.97 Å². The average Bonchev–Trinajstić information content (AvgIpc) is 3.06. The van der Waals surface area contributed by atoms with Crippen molar-refractivity contribution >= 4 is 34.2 Å². The first-order valence-electron chi connectivity index (χ1n) is 9.09. The predicted octanol–water partition coefficient (Wildman–Crippen LogP) is 4.45. The lowest BCUT2D eigenvalue weighted by molar-refractivity contribution is -0.139. The van der Waals surface area contributed by atoms with Crippen molar-refractivity contribution in [3.05, 3.63) is 41.3 Å². The van der Waals surface area contributed by atoms with Gasteiger partial charge < -0.3 is 10.1 Å². The highest BCUT2D eigenvalue weighted by Gasteiger charge is 2.27. The number of pyridine rings is 2. The number of nitrogens with one attached hydrogen (secondary N) is 1. The summed E-state index contributed by atoms with van der Waals surface area (Å²) in [6.45, 7) is 3.32. The van der Waals surface area contributed by atoms with Crippen LogP contribution in [-0.4, -0.2) is 38.4 Å². The molecule has 0 saturated heterocycles. The summed E-state index contributed by atoms with van der Waals surface area (Å²) < 4.78 is 43.3. The van der Waals surface area contributed by atoms with Crippen LogP contribution in [0, 0.1) is 5.92 Å². The average molecular weight is 442 g/mol. The first-order valence-corrected chi connectivity index (χ1v) is 9.47. The summed E-state index contributed by atoms with van der Waals surface area (Å²) in [6.07, 6.45) is -0.644. The van der Waals surface area contributed by atoms with Gasteiger partial charge >= 0.3 is 6.18 Å². The molecule has 0 radical (unpaired) electrons. The predicted molar refractivity (Wildman–Crippen MR) is 106 cm³/mol. The maximum atomic E-state index is 12.2. The van der Waals surface area contributed by atoms with E-state index in [4.69, 9.17) is 16.3 Å². The Labute approximate surface area is 175 Å². The lowest BCUT2D eigenvalue weighted by Crippen LogP contribution is -2.18. The largest absolute Gasteiger partial charge is 0.476 e. The van der Waals surface area contributed by atoms with E-state index in [1.165, 1.54) is 6.20 Å². The zero-order chi connectivity index (χ0) is 21.9. The van der Waals surface area contributed by atoms with Crippen LogP contribution in [0.2, 0.25) is 5.02 Å². The van der Waals surface area contributed by atoms with E-state index in [-0.39, 0.29) is 22.7 Å². The van der Waals surface area contributed by atoms with Gasteiger partial charge in [0.05, 0.1) is 30.5 Å². The monoisotopic (exact) mass is 441 g/mol. The second-order valence-electron chi connectivity index (χ2n) is 6.91. The molecule has 0 bridgehead atoms. The molecule has 0 spiro atoms. The normalized spacial score (nSPS) is 11.8. The van der Waals surface area contributed by atoms with Crippen molar-refractivity contribution < 1.29 is 22.7 Å². The molecule has 0 aliphatic heterocycles. The van der Waals surface area contributed by atoms with Gasteiger partial charge in [-0.2, -0.15) is 18.3 Å². The van der Waals surface area contributed by atoms with Crippen LogP contribution in [0.25, 0.3) is 10.9 Å². The molecule has 3 aromatic rings. The summed E-state index contributed by atoms with van der Waals surface area (Å²) in [5.74, 6) is 0.0159. The van der Waals surface area contributed by atoms with E-state index in [2.05, 4.69) is 20.4 Å². The van der Waals surface area contributed by atoms with Gasteiger partial charge in [0.15, 0.2) is 0 Å². The number of carbonyl (C=O) groups is 1. The van der Waals surface area contributed by atoms with Crippen LogP contribution >= 0.6 is 11.6 Å². The van der Waals surface area contributed by atoms with E-state index in [0.29, 0.717) is 28.8 Å². The number of aromatic nitrogens is 4. The standard InChI is InChI=1S/C19H19ClF3N5O2/c1-11(2)17(29)26-16-13-10-28(27-15(13)3-5-24-16)9-12-7-14(20)18(25-8-12)30-6-4-19(21,22)23/h3,5,7-8,10-11H,4,6,9H2,1-2H3,(H,24,26,29). The Morgan fingerprint density at radius 2 is 2.10 bits per heavy atom. The molecular weight excluding hydrogens is 423 g/mol. The maximum absolute atomic E-state index is 12.2. The molecule has 0 fully saturated rings. The van der Waals surface area contributed by atoms with Gasteiger partial charge in [-0.15, -0.1) is 0 Å². The fourth-order valence-corrected chi connectivity index (χ4v) is 2.79. The molecule has 160 valence electrons. The number of hydrogen-bond acceptors (Lipinski definition) is 5. The molecule has 3 aromatic heterocycles. The number of ether oxygens (including phenoxy) is 1. The summed E-state index contributed by atoms with van der Waals surface area (Å²) in [6, 6.07) is 3.28. The molecular formula is C19H19ClF3N5O2. The third-order valence-electron chi connectivity index (χ3n) is 4.08. The minimum atomic E-state index is -4.31. The molecule has 11 heteroatoms. The van der Waals surface area contributed by atoms with E-state index in [0.717, 1.165) is 0 Å². The molecule has 1 N–H and O–H groups in total. The summed E-state index contributed by atoms with van der Waals surface area (Å²) >= 11 is 6.08. The zero-order valence-corrected chi connectivity index (χ0v) is 17.0. The van der Waals surface area contributed by atoms with Crippen molar-refractivity contribution in [2.75, 3.05) is 11.9 Å². The molecule has 0 atom stereocenters. The van der Waals surface area contributed by atoms with Crippen LogP contribution in [0.3, 0.4) is 0 Å². The fraction of sp³-hybridized carbons (Fsp3) is 0.368. The molecule has 3 heterocycles. The highest BCUT2D eigenvalue weighted by Crippen LogP contribution is 2.26. The molecule has 1 amide bonds. The Morgan fingerprint density at radius 1 is 1.33 bits per heavy atom. The number of hydrogen-bond donors (Lipinski definition) is 1. The number of amides is 1. The third-order valence-corrected chi connectivity index (χ3v) is 4.35. The lowest BCUT2D eigenvalue weighted by Gasteiger charge is -2.10. The van der Waals surface area contributed by atoms with E-state index >= 15 is 0 Å². The minimum Gasteiger partial charge on any atom is -0.476 e. The Morgan fingerprint density at radius 3 is 2.77 bits per heavy atom. The van der Waals surface area contributed by atoms with Crippen molar-refractivity contribution in [2.45, 2.75) is 33.0 Å². The van der Waals surface area contributed by atoms with Crippen molar-refractivity contribution in [2.24, 2.45) is 5.92 Å². The highest BCUT2D eigenvalue weighted by atomic mass is 35.5. The summed E-state index contributed by atoms with van der Waals surface area (Å²) in [7, 11) is 0. The smallest absolute Gasteiger partial charge is 0.392 e. The number of rotatable bonds is 7. The van der Waals surface area contributed by atoms with Crippen LogP contribution in [0.5, 0.6) is 5.88 Å². The van der Waals surface area contributed by atoms with Crippen molar-refractivity contribution in [3.8, 4) is 5.88 Å². The van der Waals surface area contributed by atoms with Crippen molar-refractivity contribution in [1.82, 2.24) is 19.7 Å². The van der Waals surface area contributed by atoms with Gasteiger partial charge in [0.1, 0.15) is 10.8 Å². The van der Waals surface area contributed by atoms with E-state index in [1.807, 2.05) is 0 Å². The molecule has 0 aliphatic rings. The SMILES string of the molecule is CC(C)C(=O)Nc1nccc2nn(Cc3cnc(OCCC(F)(F)F)c(Cl)c3)cc12. The Hall–Kier alpha value is -2.88. The van der Waals surface area contributed by atoms with E-state index < -0.39 is 19.2 Å². The number of halogens is 4. The Bertz CT molecular complexity index is 1050. The van der Waals surface area contributed by atoms with Crippen LogP contribution < -0.4 is 10.1 Å². The Kier molecular flexibility index (Phi) is 6.45. The molecule has 0 unspecified atom stereocenters.